The van der Waals surface area contributed by atoms with Crippen molar-refractivity contribution < 1.29 is 14.1 Å². The Morgan fingerprint density at radius 3 is 2.41 bits per heavy atom. The van der Waals surface area contributed by atoms with Crippen molar-refractivity contribution in [3.63, 3.8) is 0 Å². The van der Waals surface area contributed by atoms with Gasteiger partial charge in [-0.15, -0.1) is 0 Å². The molecule has 1 aromatic carbocycles. The predicted molar refractivity (Wildman–Crippen MR) is 102 cm³/mol. The van der Waals surface area contributed by atoms with Crippen LogP contribution in [0.2, 0.25) is 0 Å². The van der Waals surface area contributed by atoms with Crippen molar-refractivity contribution in [3.8, 4) is 0 Å². The number of nitrogens with zero attached hydrogens (tertiary/aromatic N) is 4. The quantitative estimate of drug-likeness (QED) is 0.686. The van der Waals surface area contributed by atoms with E-state index in [4.69, 9.17) is 4.52 Å². The first-order valence-electron chi connectivity index (χ1n) is 8.47. The van der Waals surface area contributed by atoms with Gasteiger partial charge in [-0.1, -0.05) is 5.16 Å². The first kappa shape index (κ1) is 18.3. The summed E-state index contributed by atoms with van der Waals surface area (Å²) in [6.45, 7) is 5.87. The van der Waals surface area contributed by atoms with Crippen molar-refractivity contribution in [2.24, 2.45) is 0 Å². The molecule has 0 aliphatic carbocycles. The fourth-order valence-corrected chi connectivity index (χ4v) is 2.69. The van der Waals surface area contributed by atoms with Gasteiger partial charge in [0.2, 0.25) is 11.8 Å². The molecule has 3 aromatic rings. The van der Waals surface area contributed by atoms with E-state index < -0.39 is 0 Å². The smallest absolute Gasteiger partial charge is 0.263 e. The Hall–Kier alpha value is -3.49. The van der Waals surface area contributed by atoms with E-state index in [1.807, 2.05) is 18.7 Å². The highest BCUT2D eigenvalue weighted by Gasteiger charge is 2.19. The number of carbonyl (C=O) groups excluding carboxylic acids is 2. The highest BCUT2D eigenvalue weighted by Crippen LogP contribution is 2.25. The van der Waals surface area contributed by atoms with Crippen LogP contribution in [-0.4, -0.2) is 40.0 Å². The second-order valence-corrected chi connectivity index (χ2v) is 5.97. The minimum atomic E-state index is -0.190. The van der Waals surface area contributed by atoms with Gasteiger partial charge in [-0.2, -0.15) is 4.98 Å². The molecular formula is C18H20N6O3. The van der Waals surface area contributed by atoms with Crippen molar-refractivity contribution in [1.29, 1.82) is 0 Å². The van der Waals surface area contributed by atoms with Gasteiger partial charge in [-0.25, -0.2) is 4.98 Å². The summed E-state index contributed by atoms with van der Waals surface area (Å²) in [5.41, 5.74) is 2.37. The third kappa shape index (κ3) is 4.20. The van der Waals surface area contributed by atoms with Gasteiger partial charge < -0.3 is 20.1 Å². The average Bonchev–Trinajstić information content (AvgIpc) is 3.02. The van der Waals surface area contributed by atoms with Crippen LogP contribution in [0.25, 0.3) is 11.1 Å². The molecule has 0 aliphatic heterocycles. The maximum Gasteiger partial charge on any atom is 0.263 e. The number of nitrogens with one attached hydrogen (secondary N) is 2. The Balaban J connectivity index is 1.71. The highest BCUT2D eigenvalue weighted by molar-refractivity contribution is 5.96. The topological polar surface area (TPSA) is 113 Å². The molecule has 0 unspecified atom stereocenters. The van der Waals surface area contributed by atoms with Gasteiger partial charge in [0, 0.05) is 24.8 Å². The molecule has 0 saturated heterocycles. The van der Waals surface area contributed by atoms with Crippen LogP contribution in [0, 0.1) is 6.92 Å². The van der Waals surface area contributed by atoms with Crippen LogP contribution >= 0.6 is 0 Å². The minimum Gasteiger partial charge on any atom is -0.347 e. The van der Waals surface area contributed by atoms with Crippen LogP contribution in [0.1, 0.15) is 19.5 Å². The summed E-state index contributed by atoms with van der Waals surface area (Å²) >= 11 is 0. The number of hydrogen-bond acceptors (Lipinski definition) is 7. The third-order valence-electron chi connectivity index (χ3n) is 3.93. The zero-order chi connectivity index (χ0) is 19.4. The fourth-order valence-electron chi connectivity index (χ4n) is 2.69. The van der Waals surface area contributed by atoms with Gasteiger partial charge in [0.15, 0.2) is 0 Å². The van der Waals surface area contributed by atoms with Crippen LogP contribution in [0.3, 0.4) is 0 Å². The molecule has 0 aliphatic rings. The standard InChI is InChI=1S/C18H20N6O3/c1-4-24(17-16-11(2)23-27-18(16)20-10-19-17)9-15(26)22-14-7-5-13(6-8-14)21-12(3)25/h5-8,10H,4,9H2,1-3H3,(H,21,25)(H,22,26). The number of fused-ring (bicyclic) bond motifs is 1. The van der Waals surface area contributed by atoms with Crippen LogP contribution in [0.4, 0.5) is 17.2 Å². The second-order valence-electron chi connectivity index (χ2n) is 5.97. The SMILES string of the molecule is CCN(CC(=O)Nc1ccc(NC(C)=O)cc1)c1ncnc2onc(C)c12. The lowest BCUT2D eigenvalue weighted by Gasteiger charge is -2.21. The molecule has 3 rings (SSSR count). The van der Waals surface area contributed by atoms with Crippen molar-refractivity contribution in [2.45, 2.75) is 20.8 Å². The number of benzene rings is 1. The Morgan fingerprint density at radius 1 is 1.11 bits per heavy atom. The molecule has 2 heterocycles. The Labute approximate surface area is 155 Å². The number of carbonyl (C=O) groups is 2. The summed E-state index contributed by atoms with van der Waals surface area (Å²) in [6.07, 6.45) is 1.39. The number of anilines is 3. The Bertz CT molecular complexity index is 967. The summed E-state index contributed by atoms with van der Waals surface area (Å²) < 4.78 is 5.16. The van der Waals surface area contributed by atoms with Crippen LogP contribution < -0.4 is 15.5 Å². The van der Waals surface area contributed by atoms with Crippen molar-refractivity contribution in [2.75, 3.05) is 28.6 Å². The summed E-state index contributed by atoms with van der Waals surface area (Å²) in [4.78, 5) is 33.7. The zero-order valence-electron chi connectivity index (χ0n) is 15.3. The number of likely N-dealkylation sites (N-methyl/N-ethyl adjacent to an activating group) is 1. The molecule has 0 fully saturated rings. The number of amides is 2. The van der Waals surface area contributed by atoms with E-state index >= 15 is 0 Å². The van der Waals surface area contributed by atoms with Gasteiger partial charge in [0.1, 0.15) is 17.5 Å². The van der Waals surface area contributed by atoms with E-state index in [1.165, 1.54) is 13.3 Å². The maximum absolute atomic E-state index is 12.5. The summed E-state index contributed by atoms with van der Waals surface area (Å²) in [5.74, 6) is 0.271. The van der Waals surface area contributed by atoms with Gasteiger partial charge in [0.05, 0.1) is 12.2 Å². The highest BCUT2D eigenvalue weighted by atomic mass is 16.5. The van der Waals surface area contributed by atoms with E-state index in [1.54, 1.807) is 24.3 Å². The lowest BCUT2D eigenvalue weighted by Crippen LogP contribution is -2.33. The summed E-state index contributed by atoms with van der Waals surface area (Å²) in [6, 6.07) is 6.91. The maximum atomic E-state index is 12.5. The first-order valence-corrected chi connectivity index (χ1v) is 8.47. The molecule has 2 amide bonds. The van der Waals surface area contributed by atoms with E-state index in [2.05, 4.69) is 25.8 Å². The molecule has 0 atom stereocenters. The van der Waals surface area contributed by atoms with E-state index in [-0.39, 0.29) is 18.4 Å². The lowest BCUT2D eigenvalue weighted by atomic mass is 10.2. The van der Waals surface area contributed by atoms with Gasteiger partial charge in [0.25, 0.3) is 5.71 Å². The zero-order valence-corrected chi connectivity index (χ0v) is 15.3. The Morgan fingerprint density at radius 2 is 1.78 bits per heavy atom. The number of aryl methyl sites for hydroxylation is 1. The Kier molecular flexibility index (Phi) is 5.30. The molecule has 0 radical (unpaired) electrons. The van der Waals surface area contributed by atoms with Gasteiger partial charge >= 0.3 is 0 Å². The van der Waals surface area contributed by atoms with E-state index in [9.17, 15) is 9.59 Å². The van der Waals surface area contributed by atoms with Crippen LogP contribution in [0.5, 0.6) is 0 Å². The first-order chi connectivity index (χ1) is 13.0. The lowest BCUT2D eigenvalue weighted by molar-refractivity contribution is -0.115. The largest absolute Gasteiger partial charge is 0.347 e. The molecule has 0 saturated carbocycles. The van der Waals surface area contributed by atoms with Crippen molar-refractivity contribution in [1.82, 2.24) is 15.1 Å². The summed E-state index contributed by atoms with van der Waals surface area (Å²) in [7, 11) is 0. The van der Waals surface area contributed by atoms with Gasteiger partial charge in [-0.3, -0.25) is 9.59 Å². The average molecular weight is 368 g/mol. The number of rotatable bonds is 6. The molecule has 27 heavy (non-hydrogen) atoms. The molecular weight excluding hydrogens is 348 g/mol. The molecule has 9 nitrogen and oxygen atoms in total. The van der Waals surface area contributed by atoms with Crippen molar-refractivity contribution in [3.05, 3.63) is 36.3 Å². The minimum absolute atomic E-state index is 0.112. The summed E-state index contributed by atoms with van der Waals surface area (Å²) in [5, 5.41) is 10.1. The van der Waals surface area contributed by atoms with Crippen LogP contribution in [0.15, 0.2) is 35.1 Å². The van der Waals surface area contributed by atoms with Gasteiger partial charge in [-0.05, 0) is 38.1 Å². The number of hydrogen-bond donors (Lipinski definition) is 2. The molecule has 9 heteroatoms. The molecule has 0 bridgehead atoms. The van der Waals surface area contributed by atoms with E-state index in [0.29, 0.717) is 40.5 Å². The fraction of sp³-hybridized carbons (Fsp3) is 0.278. The molecule has 2 aromatic heterocycles. The van der Waals surface area contributed by atoms with Crippen molar-refractivity contribution >= 4 is 40.1 Å². The monoisotopic (exact) mass is 368 g/mol. The normalized spacial score (nSPS) is 10.6. The van der Waals surface area contributed by atoms with Crippen LogP contribution in [-0.2, 0) is 9.59 Å². The third-order valence-corrected chi connectivity index (χ3v) is 3.93. The molecule has 0 spiro atoms. The second kappa shape index (κ2) is 7.81. The predicted octanol–water partition coefficient (Wildman–Crippen LogP) is 2.35. The molecule has 2 N–H and O–H groups in total. The number of aromatic nitrogens is 3. The molecule has 140 valence electrons. The van der Waals surface area contributed by atoms with E-state index in [0.717, 1.165) is 0 Å².